The number of aryl methyl sites for hydroxylation is 1. The number of hydrogen-bond donors (Lipinski definition) is 2. The van der Waals surface area contributed by atoms with Crippen molar-refractivity contribution in [3.05, 3.63) is 52.9 Å². The van der Waals surface area contributed by atoms with Gasteiger partial charge < -0.3 is 15.1 Å². The number of carbonyl (C=O) groups excluding carboxylic acids is 1. The van der Waals surface area contributed by atoms with Crippen LogP contribution in [0.5, 0.6) is 0 Å². The quantitative estimate of drug-likeness (QED) is 0.764. The van der Waals surface area contributed by atoms with E-state index in [1.165, 1.54) is 0 Å². The van der Waals surface area contributed by atoms with Crippen molar-refractivity contribution >= 4 is 40.0 Å². The van der Waals surface area contributed by atoms with Crippen LogP contribution in [0.25, 0.3) is 11.1 Å². The molecule has 6 heteroatoms. The van der Waals surface area contributed by atoms with E-state index in [1.54, 1.807) is 44.3 Å². The van der Waals surface area contributed by atoms with Crippen molar-refractivity contribution < 1.29 is 9.21 Å². The number of carbonyl (C=O) groups is 1. The molecule has 1 heterocycles. The summed E-state index contributed by atoms with van der Waals surface area (Å²) >= 11 is 6.10. The van der Waals surface area contributed by atoms with Gasteiger partial charge in [-0.15, -0.1) is 0 Å². The lowest BCUT2D eigenvalue weighted by molar-refractivity contribution is 0.102. The Hall–Kier alpha value is -2.53. The summed E-state index contributed by atoms with van der Waals surface area (Å²) in [6.45, 7) is 1.78. The van der Waals surface area contributed by atoms with Gasteiger partial charge in [-0.3, -0.25) is 4.79 Å². The van der Waals surface area contributed by atoms with Gasteiger partial charge in [-0.1, -0.05) is 11.6 Å². The number of anilines is 2. The molecule has 2 aromatic carbocycles. The minimum absolute atomic E-state index is 0.276. The fourth-order valence-electron chi connectivity index (χ4n) is 2.17. The molecular formula is C16H14ClN3O2. The zero-order valence-corrected chi connectivity index (χ0v) is 12.9. The molecule has 0 aliphatic heterocycles. The third-order valence-corrected chi connectivity index (χ3v) is 3.58. The maximum absolute atomic E-state index is 12.4. The van der Waals surface area contributed by atoms with Gasteiger partial charge in [0.15, 0.2) is 11.5 Å². The van der Waals surface area contributed by atoms with E-state index in [9.17, 15) is 4.79 Å². The van der Waals surface area contributed by atoms with Gasteiger partial charge in [-0.05, 0) is 36.4 Å². The highest BCUT2D eigenvalue weighted by atomic mass is 35.5. The van der Waals surface area contributed by atoms with Crippen LogP contribution in [0.2, 0.25) is 5.02 Å². The minimum Gasteiger partial charge on any atom is -0.441 e. The van der Waals surface area contributed by atoms with Crippen LogP contribution in [-0.4, -0.2) is 17.9 Å². The number of amides is 1. The third kappa shape index (κ3) is 2.76. The fraction of sp³-hybridized carbons (Fsp3) is 0.125. The van der Waals surface area contributed by atoms with Crippen LogP contribution >= 0.6 is 11.6 Å². The van der Waals surface area contributed by atoms with E-state index in [0.29, 0.717) is 33.3 Å². The molecular weight excluding hydrogens is 302 g/mol. The van der Waals surface area contributed by atoms with Crippen LogP contribution in [0, 0.1) is 6.92 Å². The average Bonchev–Trinajstić information content (AvgIpc) is 2.87. The molecule has 1 aromatic heterocycles. The standard InChI is InChI=1S/C16H14ClN3O2/c1-9-19-14-8-11(4-6-15(14)22-9)20-16(21)12-7-10(18-2)3-5-13(12)17/h3-8,18H,1-2H3,(H,20,21). The Balaban J connectivity index is 1.89. The van der Waals surface area contributed by atoms with E-state index in [0.717, 1.165) is 5.69 Å². The van der Waals surface area contributed by atoms with Gasteiger partial charge in [0, 0.05) is 25.3 Å². The summed E-state index contributed by atoms with van der Waals surface area (Å²) < 4.78 is 5.41. The van der Waals surface area contributed by atoms with Crippen LogP contribution in [0.1, 0.15) is 16.2 Å². The minimum atomic E-state index is -0.276. The number of halogens is 1. The van der Waals surface area contributed by atoms with Gasteiger partial charge in [0.05, 0.1) is 10.6 Å². The zero-order valence-electron chi connectivity index (χ0n) is 12.1. The molecule has 0 unspecified atom stereocenters. The number of benzene rings is 2. The number of aromatic nitrogens is 1. The summed E-state index contributed by atoms with van der Waals surface area (Å²) in [7, 11) is 1.78. The Bertz CT molecular complexity index is 858. The Kier molecular flexibility index (Phi) is 3.73. The van der Waals surface area contributed by atoms with Gasteiger partial charge in [0.2, 0.25) is 0 Å². The number of rotatable bonds is 3. The first-order chi connectivity index (χ1) is 10.6. The van der Waals surface area contributed by atoms with E-state index < -0.39 is 0 Å². The van der Waals surface area contributed by atoms with E-state index >= 15 is 0 Å². The lowest BCUT2D eigenvalue weighted by atomic mass is 10.1. The Morgan fingerprint density at radius 2 is 1.95 bits per heavy atom. The lowest BCUT2D eigenvalue weighted by Gasteiger charge is -2.08. The summed E-state index contributed by atoms with van der Waals surface area (Å²) in [4.78, 5) is 16.6. The van der Waals surface area contributed by atoms with Crippen molar-refractivity contribution in [3.63, 3.8) is 0 Å². The Labute approximate surface area is 132 Å². The highest BCUT2D eigenvalue weighted by molar-refractivity contribution is 6.34. The highest BCUT2D eigenvalue weighted by Gasteiger charge is 2.12. The first-order valence-electron chi connectivity index (χ1n) is 6.72. The number of hydrogen-bond acceptors (Lipinski definition) is 4. The fourth-order valence-corrected chi connectivity index (χ4v) is 2.38. The zero-order chi connectivity index (χ0) is 15.7. The molecule has 0 radical (unpaired) electrons. The van der Waals surface area contributed by atoms with Crippen molar-refractivity contribution in [3.8, 4) is 0 Å². The molecule has 22 heavy (non-hydrogen) atoms. The smallest absolute Gasteiger partial charge is 0.257 e. The van der Waals surface area contributed by atoms with Crippen molar-refractivity contribution in [2.24, 2.45) is 0 Å². The van der Waals surface area contributed by atoms with Gasteiger partial charge in [-0.25, -0.2) is 4.98 Å². The largest absolute Gasteiger partial charge is 0.441 e. The molecule has 0 bridgehead atoms. The van der Waals surface area contributed by atoms with Crippen LogP contribution in [0.15, 0.2) is 40.8 Å². The molecule has 0 saturated carbocycles. The van der Waals surface area contributed by atoms with E-state index in [2.05, 4.69) is 15.6 Å². The number of nitrogens with one attached hydrogen (secondary N) is 2. The molecule has 3 aromatic rings. The SMILES string of the molecule is CNc1ccc(Cl)c(C(=O)Nc2ccc3oc(C)nc3c2)c1. The van der Waals surface area contributed by atoms with Gasteiger partial charge in [0.25, 0.3) is 5.91 Å². The van der Waals surface area contributed by atoms with E-state index in [4.69, 9.17) is 16.0 Å². The second-order valence-electron chi connectivity index (χ2n) is 4.81. The maximum atomic E-state index is 12.4. The van der Waals surface area contributed by atoms with Crippen LogP contribution < -0.4 is 10.6 Å². The summed E-state index contributed by atoms with van der Waals surface area (Å²) in [6, 6.07) is 10.5. The first-order valence-corrected chi connectivity index (χ1v) is 7.10. The molecule has 0 saturated heterocycles. The highest BCUT2D eigenvalue weighted by Crippen LogP contribution is 2.23. The van der Waals surface area contributed by atoms with Gasteiger partial charge in [0.1, 0.15) is 5.52 Å². The van der Waals surface area contributed by atoms with Crippen molar-refractivity contribution in [1.82, 2.24) is 4.98 Å². The summed E-state index contributed by atoms with van der Waals surface area (Å²) in [5, 5.41) is 6.20. The Morgan fingerprint density at radius 3 is 2.73 bits per heavy atom. The predicted octanol–water partition coefficient (Wildman–Crippen LogP) is 4.08. The molecule has 0 spiro atoms. The maximum Gasteiger partial charge on any atom is 0.257 e. The molecule has 0 aliphatic carbocycles. The van der Waals surface area contributed by atoms with E-state index in [-0.39, 0.29) is 5.91 Å². The second kappa shape index (κ2) is 5.69. The molecule has 5 nitrogen and oxygen atoms in total. The van der Waals surface area contributed by atoms with Gasteiger partial charge in [-0.2, -0.15) is 0 Å². The summed E-state index contributed by atoms with van der Waals surface area (Å²) in [5.41, 5.74) is 3.25. The Morgan fingerprint density at radius 1 is 1.18 bits per heavy atom. The van der Waals surface area contributed by atoms with Crippen molar-refractivity contribution in [2.45, 2.75) is 6.92 Å². The van der Waals surface area contributed by atoms with Crippen molar-refractivity contribution in [1.29, 1.82) is 0 Å². The molecule has 1 amide bonds. The normalized spacial score (nSPS) is 10.7. The van der Waals surface area contributed by atoms with Crippen LogP contribution in [0.4, 0.5) is 11.4 Å². The molecule has 112 valence electrons. The number of nitrogens with zero attached hydrogens (tertiary/aromatic N) is 1. The molecule has 2 N–H and O–H groups in total. The number of oxazole rings is 1. The second-order valence-corrected chi connectivity index (χ2v) is 5.22. The van der Waals surface area contributed by atoms with E-state index in [1.807, 2.05) is 6.07 Å². The van der Waals surface area contributed by atoms with Crippen LogP contribution in [-0.2, 0) is 0 Å². The van der Waals surface area contributed by atoms with Gasteiger partial charge >= 0.3 is 0 Å². The number of fused-ring (bicyclic) bond motifs is 1. The molecule has 3 rings (SSSR count). The first kappa shape index (κ1) is 14.4. The summed E-state index contributed by atoms with van der Waals surface area (Å²) in [6.07, 6.45) is 0. The third-order valence-electron chi connectivity index (χ3n) is 3.25. The van der Waals surface area contributed by atoms with Crippen molar-refractivity contribution in [2.75, 3.05) is 17.7 Å². The topological polar surface area (TPSA) is 67.2 Å². The average molecular weight is 316 g/mol. The molecule has 0 fully saturated rings. The van der Waals surface area contributed by atoms with Crippen LogP contribution in [0.3, 0.4) is 0 Å². The summed E-state index contributed by atoms with van der Waals surface area (Å²) in [5.74, 6) is 0.310. The predicted molar refractivity (Wildman–Crippen MR) is 87.7 cm³/mol. The monoisotopic (exact) mass is 315 g/mol. The molecule has 0 aliphatic rings. The molecule has 0 atom stereocenters. The lowest BCUT2D eigenvalue weighted by Crippen LogP contribution is -2.12.